The van der Waals surface area contributed by atoms with Gasteiger partial charge in [0.05, 0.1) is 17.5 Å². The van der Waals surface area contributed by atoms with E-state index in [-0.39, 0.29) is 18.2 Å². The van der Waals surface area contributed by atoms with E-state index < -0.39 is 11.5 Å². The lowest BCUT2D eigenvalue weighted by atomic mass is 9.85. The Morgan fingerprint density at radius 2 is 1.94 bits per heavy atom. The molecule has 1 atom stereocenters. The summed E-state index contributed by atoms with van der Waals surface area (Å²) in [7, 11) is 0. The van der Waals surface area contributed by atoms with Crippen molar-refractivity contribution < 1.29 is 14.7 Å². The van der Waals surface area contributed by atoms with E-state index in [0.717, 1.165) is 0 Å². The minimum Gasteiger partial charge on any atom is -0.481 e. The molecule has 0 aliphatic carbocycles. The summed E-state index contributed by atoms with van der Waals surface area (Å²) in [5.41, 5.74) is -0.492. The van der Waals surface area contributed by atoms with E-state index in [4.69, 9.17) is 5.11 Å². The summed E-state index contributed by atoms with van der Waals surface area (Å²) >= 11 is 0. The van der Waals surface area contributed by atoms with E-state index >= 15 is 0 Å². The van der Waals surface area contributed by atoms with E-state index in [1.54, 1.807) is 6.92 Å². The van der Waals surface area contributed by atoms with Gasteiger partial charge in [0, 0.05) is 12.4 Å². The Bertz CT molecular complexity index is 433. The number of carboxylic acids is 1. The first-order valence-electron chi connectivity index (χ1n) is 5.64. The molecular formula is C12H17N3O3. The highest BCUT2D eigenvalue weighted by molar-refractivity contribution is 5.94. The Morgan fingerprint density at radius 3 is 2.39 bits per heavy atom. The van der Waals surface area contributed by atoms with Gasteiger partial charge in [0.2, 0.25) is 0 Å². The molecule has 0 radical (unpaired) electrons. The number of hydrogen-bond acceptors (Lipinski definition) is 4. The highest BCUT2D eigenvalue weighted by Crippen LogP contribution is 2.21. The molecule has 2 N–H and O–H groups in total. The maximum Gasteiger partial charge on any atom is 0.305 e. The first-order chi connectivity index (χ1) is 8.35. The number of carboxylic acid groups (broad SMARTS) is 1. The molecule has 0 aliphatic rings. The van der Waals surface area contributed by atoms with Crippen LogP contribution < -0.4 is 5.32 Å². The number of rotatable bonds is 5. The van der Waals surface area contributed by atoms with Crippen LogP contribution >= 0.6 is 0 Å². The van der Waals surface area contributed by atoms with Crippen molar-refractivity contribution in [3.05, 3.63) is 24.3 Å². The van der Waals surface area contributed by atoms with Gasteiger partial charge in [-0.2, -0.15) is 0 Å². The predicted molar refractivity (Wildman–Crippen MR) is 65.0 cm³/mol. The maximum atomic E-state index is 12.0. The van der Waals surface area contributed by atoms with Crippen LogP contribution in [-0.4, -0.2) is 32.5 Å². The van der Waals surface area contributed by atoms with Gasteiger partial charge in [-0.25, -0.2) is 9.97 Å². The van der Waals surface area contributed by atoms with Gasteiger partial charge in [0.1, 0.15) is 6.33 Å². The van der Waals surface area contributed by atoms with Gasteiger partial charge in [0.15, 0.2) is 0 Å². The lowest BCUT2D eigenvalue weighted by molar-refractivity contribution is -0.138. The third-order valence-corrected chi connectivity index (χ3v) is 3.01. The van der Waals surface area contributed by atoms with E-state index in [1.807, 2.05) is 13.8 Å². The third-order valence-electron chi connectivity index (χ3n) is 3.01. The van der Waals surface area contributed by atoms with Crippen molar-refractivity contribution in [3.63, 3.8) is 0 Å². The van der Waals surface area contributed by atoms with Crippen molar-refractivity contribution in [2.75, 3.05) is 0 Å². The molecule has 0 bridgehead atoms. The summed E-state index contributed by atoms with van der Waals surface area (Å²) in [4.78, 5) is 30.3. The summed E-state index contributed by atoms with van der Waals surface area (Å²) in [6, 6.07) is 0. The monoisotopic (exact) mass is 251 g/mol. The van der Waals surface area contributed by atoms with Crippen molar-refractivity contribution in [2.45, 2.75) is 32.7 Å². The summed E-state index contributed by atoms with van der Waals surface area (Å²) in [5, 5.41) is 11.6. The van der Waals surface area contributed by atoms with Gasteiger partial charge in [0.25, 0.3) is 5.91 Å². The molecule has 1 unspecified atom stereocenters. The van der Waals surface area contributed by atoms with Crippen LogP contribution in [0.4, 0.5) is 0 Å². The van der Waals surface area contributed by atoms with E-state index in [9.17, 15) is 9.59 Å². The number of carbonyl (C=O) groups is 2. The van der Waals surface area contributed by atoms with E-state index in [2.05, 4.69) is 15.3 Å². The second-order valence-corrected chi connectivity index (χ2v) is 4.72. The Labute approximate surface area is 105 Å². The Hall–Kier alpha value is -1.98. The van der Waals surface area contributed by atoms with Crippen LogP contribution in [0.25, 0.3) is 0 Å². The van der Waals surface area contributed by atoms with Crippen LogP contribution in [0.1, 0.15) is 37.6 Å². The van der Waals surface area contributed by atoms with E-state index in [0.29, 0.717) is 5.56 Å². The van der Waals surface area contributed by atoms with Crippen molar-refractivity contribution in [1.29, 1.82) is 0 Å². The molecule has 0 aromatic carbocycles. The molecule has 1 aromatic rings. The molecule has 98 valence electrons. The predicted octanol–water partition coefficient (Wildman–Crippen LogP) is 1.10. The largest absolute Gasteiger partial charge is 0.481 e. The third kappa shape index (κ3) is 3.51. The Balaban J connectivity index is 2.85. The topological polar surface area (TPSA) is 92.2 Å². The summed E-state index contributed by atoms with van der Waals surface area (Å²) in [5.74, 6) is -1.33. The number of amides is 1. The van der Waals surface area contributed by atoms with Crippen LogP contribution in [0.15, 0.2) is 18.7 Å². The number of aromatic nitrogens is 2. The quantitative estimate of drug-likeness (QED) is 0.817. The average molecular weight is 251 g/mol. The summed E-state index contributed by atoms with van der Waals surface area (Å²) in [6.07, 6.45) is 3.98. The number of aliphatic carboxylic acids is 1. The molecule has 1 aromatic heterocycles. The first kappa shape index (κ1) is 14.1. The van der Waals surface area contributed by atoms with Gasteiger partial charge in [-0.15, -0.1) is 0 Å². The fraction of sp³-hybridized carbons (Fsp3) is 0.500. The van der Waals surface area contributed by atoms with Gasteiger partial charge >= 0.3 is 5.97 Å². The second-order valence-electron chi connectivity index (χ2n) is 4.72. The highest BCUT2D eigenvalue weighted by atomic mass is 16.4. The molecule has 0 saturated heterocycles. The minimum absolute atomic E-state index is 0.0119. The Morgan fingerprint density at radius 1 is 1.39 bits per heavy atom. The van der Waals surface area contributed by atoms with E-state index in [1.165, 1.54) is 18.7 Å². The zero-order valence-electron chi connectivity index (χ0n) is 10.7. The Kier molecular flexibility index (Phi) is 4.36. The number of hydrogen-bond donors (Lipinski definition) is 2. The maximum absolute atomic E-state index is 12.0. The zero-order chi connectivity index (χ0) is 13.8. The van der Waals surface area contributed by atoms with Gasteiger partial charge in [-0.1, -0.05) is 13.8 Å². The van der Waals surface area contributed by atoms with Gasteiger partial charge in [-0.05, 0) is 12.8 Å². The van der Waals surface area contributed by atoms with Crippen molar-refractivity contribution >= 4 is 11.9 Å². The molecule has 18 heavy (non-hydrogen) atoms. The average Bonchev–Trinajstić information content (AvgIpc) is 2.28. The fourth-order valence-corrected chi connectivity index (χ4v) is 1.45. The molecule has 0 saturated carbocycles. The number of nitrogens with one attached hydrogen (secondary N) is 1. The lowest BCUT2D eigenvalue weighted by Crippen LogP contribution is -2.51. The molecule has 0 aliphatic heterocycles. The first-order valence-corrected chi connectivity index (χ1v) is 5.64. The van der Waals surface area contributed by atoms with Crippen LogP contribution in [-0.2, 0) is 4.79 Å². The van der Waals surface area contributed by atoms with Crippen molar-refractivity contribution in [1.82, 2.24) is 15.3 Å². The zero-order valence-corrected chi connectivity index (χ0v) is 10.7. The van der Waals surface area contributed by atoms with Crippen molar-refractivity contribution in [3.8, 4) is 0 Å². The minimum atomic E-state index is -0.948. The summed E-state index contributed by atoms with van der Waals surface area (Å²) in [6.45, 7) is 5.45. The normalized spacial score (nSPS) is 14.0. The SMILES string of the molecule is CC(C)C(C)(CC(=O)O)NC(=O)c1cncnc1. The standard InChI is InChI=1S/C12H17N3O3/c1-8(2)12(3,4-10(16)17)15-11(18)9-5-13-7-14-6-9/h5-8H,4H2,1-3H3,(H,15,18)(H,16,17). The molecule has 1 heterocycles. The molecule has 0 spiro atoms. The van der Waals surface area contributed by atoms with Gasteiger partial charge in [-0.3, -0.25) is 9.59 Å². The fourth-order valence-electron chi connectivity index (χ4n) is 1.45. The van der Waals surface area contributed by atoms with Gasteiger partial charge < -0.3 is 10.4 Å². The second kappa shape index (κ2) is 5.57. The van der Waals surface area contributed by atoms with Crippen LogP contribution in [0.2, 0.25) is 0 Å². The number of nitrogens with zero attached hydrogens (tertiary/aromatic N) is 2. The lowest BCUT2D eigenvalue weighted by Gasteiger charge is -2.33. The summed E-state index contributed by atoms with van der Waals surface area (Å²) < 4.78 is 0. The van der Waals surface area contributed by atoms with Crippen molar-refractivity contribution in [2.24, 2.45) is 5.92 Å². The molecule has 1 rings (SSSR count). The molecule has 6 nitrogen and oxygen atoms in total. The number of carbonyl (C=O) groups excluding carboxylic acids is 1. The molecular weight excluding hydrogens is 234 g/mol. The van der Waals surface area contributed by atoms with Crippen LogP contribution in [0.3, 0.4) is 0 Å². The molecule has 0 fully saturated rings. The molecule has 1 amide bonds. The molecule has 6 heteroatoms. The van der Waals surface area contributed by atoms with Crippen LogP contribution in [0, 0.1) is 5.92 Å². The highest BCUT2D eigenvalue weighted by Gasteiger charge is 2.33. The smallest absolute Gasteiger partial charge is 0.305 e. The van der Waals surface area contributed by atoms with Crippen LogP contribution in [0.5, 0.6) is 0 Å².